The number of nitrogens with one attached hydrogen (secondary N) is 1. The molecule has 1 aromatic heterocycles. The van der Waals surface area contributed by atoms with Gasteiger partial charge in [0, 0.05) is 38.8 Å². The minimum absolute atomic E-state index is 0.106. The van der Waals surface area contributed by atoms with Gasteiger partial charge in [-0.15, -0.1) is 0 Å². The Morgan fingerprint density at radius 1 is 1.38 bits per heavy atom. The molecule has 0 spiro atoms. The molecule has 0 radical (unpaired) electrons. The van der Waals surface area contributed by atoms with Crippen LogP contribution >= 0.6 is 0 Å². The highest BCUT2D eigenvalue weighted by Gasteiger charge is 2.03. The Balaban J connectivity index is 2.46. The first-order valence-corrected chi connectivity index (χ1v) is 5.25. The van der Waals surface area contributed by atoms with Crippen LogP contribution in [0.5, 0.6) is 0 Å². The number of aryl methyl sites for hydroxylation is 2. The molecule has 0 atom stereocenters. The third-order valence-electron chi connectivity index (χ3n) is 2.11. The lowest BCUT2D eigenvalue weighted by Crippen LogP contribution is -2.24. The van der Waals surface area contributed by atoms with E-state index in [1.807, 2.05) is 19.9 Å². The third-order valence-corrected chi connectivity index (χ3v) is 2.11. The van der Waals surface area contributed by atoms with E-state index in [0.717, 1.165) is 17.3 Å². The molecular weight excluding hydrogens is 204 g/mol. The molecule has 5 heteroatoms. The Labute approximate surface area is 95.9 Å². The second-order valence-corrected chi connectivity index (χ2v) is 3.91. The monoisotopic (exact) mass is 222 g/mol. The molecule has 0 fully saturated rings. The fourth-order valence-electron chi connectivity index (χ4n) is 1.33. The van der Waals surface area contributed by atoms with Crippen molar-refractivity contribution in [2.75, 3.05) is 26.0 Å². The maximum atomic E-state index is 11.3. The summed E-state index contributed by atoms with van der Waals surface area (Å²) in [7, 11) is 3.50. The van der Waals surface area contributed by atoms with Crippen molar-refractivity contribution >= 4 is 11.7 Å². The summed E-state index contributed by atoms with van der Waals surface area (Å²) in [6.07, 6.45) is 0.467. The lowest BCUT2D eigenvalue weighted by Gasteiger charge is -2.11. The van der Waals surface area contributed by atoms with Gasteiger partial charge in [-0.3, -0.25) is 4.79 Å². The van der Waals surface area contributed by atoms with E-state index in [1.54, 1.807) is 19.0 Å². The molecule has 1 N–H and O–H groups in total. The standard InChI is InChI=1S/C11H18N4O/c1-8-7-10(14-9(2)13-8)12-6-5-11(16)15(3)4/h7H,5-6H2,1-4H3,(H,12,13,14). The fourth-order valence-corrected chi connectivity index (χ4v) is 1.33. The maximum Gasteiger partial charge on any atom is 0.223 e. The Morgan fingerprint density at radius 3 is 2.62 bits per heavy atom. The van der Waals surface area contributed by atoms with Gasteiger partial charge in [0.15, 0.2) is 0 Å². The van der Waals surface area contributed by atoms with Crippen LogP contribution in [0.25, 0.3) is 0 Å². The van der Waals surface area contributed by atoms with Crippen molar-refractivity contribution in [2.24, 2.45) is 0 Å². The summed E-state index contributed by atoms with van der Waals surface area (Å²) in [5, 5.41) is 3.11. The van der Waals surface area contributed by atoms with Crippen molar-refractivity contribution in [3.63, 3.8) is 0 Å². The lowest BCUT2D eigenvalue weighted by atomic mass is 10.3. The van der Waals surface area contributed by atoms with Crippen LogP contribution < -0.4 is 5.32 Å². The SMILES string of the molecule is Cc1cc(NCCC(=O)N(C)C)nc(C)n1. The summed E-state index contributed by atoms with van der Waals surface area (Å²) in [5.41, 5.74) is 0.925. The van der Waals surface area contributed by atoms with Gasteiger partial charge < -0.3 is 10.2 Å². The molecule has 0 aliphatic heterocycles. The van der Waals surface area contributed by atoms with Crippen LogP contribution in [0, 0.1) is 13.8 Å². The molecule has 88 valence electrons. The topological polar surface area (TPSA) is 58.1 Å². The number of carbonyl (C=O) groups is 1. The summed E-state index contributed by atoms with van der Waals surface area (Å²) in [4.78, 5) is 21.3. The van der Waals surface area contributed by atoms with E-state index >= 15 is 0 Å². The lowest BCUT2D eigenvalue weighted by molar-refractivity contribution is -0.128. The van der Waals surface area contributed by atoms with E-state index in [9.17, 15) is 4.79 Å². The van der Waals surface area contributed by atoms with Gasteiger partial charge in [0.05, 0.1) is 0 Å². The average Bonchev–Trinajstić information content (AvgIpc) is 2.15. The van der Waals surface area contributed by atoms with Gasteiger partial charge in [-0.25, -0.2) is 9.97 Å². The van der Waals surface area contributed by atoms with Crippen LogP contribution in [0.1, 0.15) is 17.9 Å². The molecule has 1 aromatic rings. The predicted molar refractivity (Wildman–Crippen MR) is 63.3 cm³/mol. The molecule has 0 aliphatic rings. The zero-order chi connectivity index (χ0) is 12.1. The number of aromatic nitrogens is 2. The van der Waals surface area contributed by atoms with Crippen LogP contribution in [0.3, 0.4) is 0 Å². The Hall–Kier alpha value is -1.65. The number of hydrogen-bond donors (Lipinski definition) is 1. The van der Waals surface area contributed by atoms with Crippen molar-refractivity contribution in [2.45, 2.75) is 20.3 Å². The highest BCUT2D eigenvalue weighted by Crippen LogP contribution is 2.05. The van der Waals surface area contributed by atoms with E-state index in [1.165, 1.54) is 0 Å². The second kappa shape index (κ2) is 5.44. The van der Waals surface area contributed by atoms with Gasteiger partial charge in [-0.05, 0) is 13.8 Å². The van der Waals surface area contributed by atoms with Crippen molar-refractivity contribution in [1.29, 1.82) is 0 Å². The summed E-state index contributed by atoms with van der Waals surface area (Å²) < 4.78 is 0. The van der Waals surface area contributed by atoms with Crippen LogP contribution in [-0.2, 0) is 4.79 Å². The number of nitrogens with zero attached hydrogens (tertiary/aromatic N) is 3. The molecule has 0 saturated carbocycles. The van der Waals surface area contributed by atoms with E-state index in [-0.39, 0.29) is 5.91 Å². The third kappa shape index (κ3) is 3.84. The molecular formula is C11H18N4O. The van der Waals surface area contributed by atoms with Gasteiger partial charge in [0.25, 0.3) is 0 Å². The van der Waals surface area contributed by atoms with Crippen molar-refractivity contribution < 1.29 is 4.79 Å². The molecule has 0 bridgehead atoms. The minimum Gasteiger partial charge on any atom is -0.369 e. The number of anilines is 1. The van der Waals surface area contributed by atoms with Crippen LogP contribution in [0.2, 0.25) is 0 Å². The molecule has 0 unspecified atom stereocenters. The minimum atomic E-state index is 0.106. The molecule has 1 amide bonds. The Morgan fingerprint density at radius 2 is 2.06 bits per heavy atom. The fraction of sp³-hybridized carbons (Fsp3) is 0.545. The largest absolute Gasteiger partial charge is 0.369 e. The van der Waals surface area contributed by atoms with Crippen LogP contribution in [0.15, 0.2) is 6.07 Å². The molecule has 5 nitrogen and oxygen atoms in total. The molecule has 1 heterocycles. The summed E-state index contributed by atoms with van der Waals surface area (Å²) in [6, 6.07) is 1.87. The smallest absolute Gasteiger partial charge is 0.223 e. The zero-order valence-corrected chi connectivity index (χ0v) is 10.2. The van der Waals surface area contributed by atoms with Crippen molar-refractivity contribution in [3.05, 3.63) is 17.6 Å². The molecule has 0 aliphatic carbocycles. The maximum absolute atomic E-state index is 11.3. The van der Waals surface area contributed by atoms with E-state index in [4.69, 9.17) is 0 Å². The Kier molecular flexibility index (Phi) is 4.22. The van der Waals surface area contributed by atoms with Gasteiger partial charge in [0.2, 0.25) is 5.91 Å². The van der Waals surface area contributed by atoms with Crippen molar-refractivity contribution in [1.82, 2.24) is 14.9 Å². The summed E-state index contributed by atoms with van der Waals surface area (Å²) in [5.74, 6) is 1.62. The second-order valence-electron chi connectivity index (χ2n) is 3.91. The quantitative estimate of drug-likeness (QED) is 0.825. The van der Waals surface area contributed by atoms with E-state index in [2.05, 4.69) is 15.3 Å². The van der Waals surface area contributed by atoms with Gasteiger partial charge in [0.1, 0.15) is 11.6 Å². The first-order chi connectivity index (χ1) is 7.49. The van der Waals surface area contributed by atoms with Gasteiger partial charge in [-0.2, -0.15) is 0 Å². The number of hydrogen-bond acceptors (Lipinski definition) is 4. The van der Waals surface area contributed by atoms with Crippen LogP contribution in [0.4, 0.5) is 5.82 Å². The van der Waals surface area contributed by atoms with Gasteiger partial charge in [-0.1, -0.05) is 0 Å². The molecule has 0 aromatic carbocycles. The summed E-state index contributed by atoms with van der Waals surface area (Å²) >= 11 is 0. The first-order valence-electron chi connectivity index (χ1n) is 5.25. The number of rotatable bonds is 4. The highest BCUT2D eigenvalue weighted by molar-refractivity contribution is 5.76. The molecule has 1 rings (SSSR count). The average molecular weight is 222 g/mol. The number of carbonyl (C=O) groups excluding carboxylic acids is 1. The van der Waals surface area contributed by atoms with Gasteiger partial charge >= 0.3 is 0 Å². The predicted octanol–water partition coefficient (Wildman–Crippen LogP) is 0.984. The van der Waals surface area contributed by atoms with E-state index in [0.29, 0.717) is 13.0 Å². The highest BCUT2D eigenvalue weighted by atomic mass is 16.2. The van der Waals surface area contributed by atoms with Crippen LogP contribution in [-0.4, -0.2) is 41.4 Å². The van der Waals surface area contributed by atoms with E-state index < -0.39 is 0 Å². The molecule has 16 heavy (non-hydrogen) atoms. The summed E-state index contributed by atoms with van der Waals surface area (Å²) in [6.45, 7) is 4.36. The van der Waals surface area contributed by atoms with Crippen molar-refractivity contribution in [3.8, 4) is 0 Å². The zero-order valence-electron chi connectivity index (χ0n) is 10.2. The normalized spacial score (nSPS) is 10.0. The number of amides is 1. The molecule has 0 saturated heterocycles. The Bertz CT molecular complexity index is 356. The first kappa shape index (κ1) is 12.4.